The molecule has 0 spiro atoms. The Morgan fingerprint density at radius 2 is 1.08 bits per heavy atom. The number of hydrogen-bond acceptors (Lipinski definition) is 19. The number of aromatic nitrogens is 7. The molecule has 404 valence electrons. The summed E-state index contributed by atoms with van der Waals surface area (Å²) >= 11 is 0. The first-order valence-electron chi connectivity index (χ1n) is 23.0. The Kier molecular flexibility index (Phi) is 22.8. The SMILES string of the molecule is CCN.CNC(=O)c1cnc(Nc2cc(C)c(F)cn2)cc1Nc1cccc(-c2ncnn2C)c1OC.CNC(=O)c1cnc(Nc2cc(C)c(F)cn2)cc1Nc1cccc(C(N)=O)c1OC.COC(OC)N(C)C. The molecule has 0 bridgehead atoms. The summed E-state index contributed by atoms with van der Waals surface area (Å²) in [4.78, 5) is 59.3. The number of halogens is 2. The molecule has 7 rings (SSSR count). The van der Waals surface area contributed by atoms with Gasteiger partial charge in [0.1, 0.15) is 41.2 Å². The van der Waals surface area contributed by atoms with Gasteiger partial charge in [0.15, 0.2) is 17.3 Å². The molecule has 0 saturated heterocycles. The molecule has 0 fully saturated rings. The summed E-state index contributed by atoms with van der Waals surface area (Å²) in [6.45, 7) is 5.92. The van der Waals surface area contributed by atoms with E-state index in [4.69, 9.17) is 30.4 Å². The molecular formula is C51H64F2N16O7. The van der Waals surface area contributed by atoms with E-state index in [1.807, 2.05) is 44.1 Å². The number of carbonyl (C=O) groups is 3. The topological polar surface area (TPSA) is 298 Å². The molecule has 0 radical (unpaired) electrons. The summed E-state index contributed by atoms with van der Waals surface area (Å²) in [7, 11) is 14.8. The van der Waals surface area contributed by atoms with Gasteiger partial charge in [0, 0.05) is 59.9 Å². The molecule has 7 aromatic rings. The monoisotopic (exact) mass is 1050 g/mol. The van der Waals surface area contributed by atoms with E-state index in [9.17, 15) is 23.2 Å². The van der Waals surface area contributed by atoms with E-state index in [2.05, 4.69) is 61.9 Å². The van der Waals surface area contributed by atoms with Gasteiger partial charge in [-0.25, -0.2) is 38.4 Å². The fraction of sp³-hybridized carbons (Fsp3) is 0.275. The zero-order valence-electron chi connectivity index (χ0n) is 44.3. The largest absolute Gasteiger partial charge is 0.494 e. The van der Waals surface area contributed by atoms with Gasteiger partial charge < -0.3 is 62.3 Å². The highest BCUT2D eigenvalue weighted by molar-refractivity contribution is 6.02. The van der Waals surface area contributed by atoms with Crippen molar-refractivity contribution < 1.29 is 42.1 Å². The molecule has 0 aliphatic carbocycles. The second-order valence-electron chi connectivity index (χ2n) is 16.0. The van der Waals surface area contributed by atoms with Crippen molar-refractivity contribution in [3.8, 4) is 22.9 Å². The summed E-state index contributed by atoms with van der Waals surface area (Å²) in [5, 5.41) is 21.7. The van der Waals surface area contributed by atoms with Crippen molar-refractivity contribution in [2.75, 3.05) is 84.4 Å². The molecule has 0 saturated carbocycles. The number of pyridine rings is 4. The number of nitrogens with two attached hydrogens (primary N) is 2. The molecule has 5 heterocycles. The van der Waals surface area contributed by atoms with Crippen LogP contribution in [0.4, 0.5) is 54.8 Å². The molecular weight excluding hydrogens is 987 g/mol. The highest BCUT2D eigenvalue weighted by atomic mass is 19.1. The lowest BCUT2D eigenvalue weighted by Gasteiger charge is -2.19. The van der Waals surface area contributed by atoms with Gasteiger partial charge in [-0.2, -0.15) is 5.10 Å². The predicted octanol–water partition coefficient (Wildman–Crippen LogP) is 6.54. The number of methoxy groups -OCH3 is 4. The number of amides is 3. The molecule has 23 nitrogen and oxygen atoms in total. The Balaban J connectivity index is 0.000000276. The van der Waals surface area contributed by atoms with E-state index in [1.54, 1.807) is 84.3 Å². The Bertz CT molecular complexity index is 3070. The number of benzene rings is 2. The summed E-state index contributed by atoms with van der Waals surface area (Å²) in [5.41, 5.74) is 14.5. The van der Waals surface area contributed by atoms with Gasteiger partial charge in [-0.3, -0.25) is 19.3 Å². The van der Waals surface area contributed by atoms with Crippen LogP contribution in [0.2, 0.25) is 0 Å². The minimum Gasteiger partial charge on any atom is -0.494 e. The fourth-order valence-electron chi connectivity index (χ4n) is 6.79. The standard InChI is InChI=1S/C23H23FN8O2.C21H21FN6O3.C5H13NO2.C2H7N/c1-13-8-19(27-11-16(13)24)31-20-9-18(15(10-26-20)23(33)25-2)30-17-7-5-6-14(21(17)34-4)22-28-12-29-32(22)3;1-11-7-17(26-10-14(11)22)28-18-8-16(13(9-25-18)21(30)24-2)27-15-6-4-5-12(20(23)29)19(15)31-3;1-6(2)5(7-3)8-4;1-2-3/h5-12H,1-4H3,(H,25,33)(H2,26,27,30,31);4-10H,1-3H3,(H2,23,29)(H,24,30)(H2,25,26,27,28);5H,1-4H3;2-3H2,1H3. The molecule has 0 atom stereocenters. The number of rotatable bonds is 17. The molecule has 76 heavy (non-hydrogen) atoms. The van der Waals surface area contributed by atoms with Crippen molar-refractivity contribution in [1.29, 1.82) is 0 Å². The van der Waals surface area contributed by atoms with Gasteiger partial charge in [-0.1, -0.05) is 19.1 Å². The third-order valence-electron chi connectivity index (χ3n) is 10.4. The van der Waals surface area contributed by atoms with E-state index in [1.165, 1.54) is 45.0 Å². The minimum absolute atomic E-state index is 0.187. The first kappa shape index (κ1) is 59.7. The smallest absolute Gasteiger partial charge is 0.254 e. The number of hydrogen-bond donors (Lipinski definition) is 8. The maximum atomic E-state index is 13.6. The number of anilines is 8. The van der Waals surface area contributed by atoms with Crippen molar-refractivity contribution in [1.82, 2.24) is 50.2 Å². The van der Waals surface area contributed by atoms with Crippen molar-refractivity contribution in [2.24, 2.45) is 18.5 Å². The average Bonchev–Trinajstić information content (AvgIpc) is 3.84. The second kappa shape index (κ2) is 29.1. The molecule has 5 aromatic heterocycles. The van der Waals surface area contributed by atoms with Crippen LogP contribution in [0.1, 0.15) is 49.1 Å². The molecule has 0 aliphatic rings. The van der Waals surface area contributed by atoms with Gasteiger partial charge in [0.05, 0.1) is 71.6 Å². The Morgan fingerprint density at radius 3 is 1.45 bits per heavy atom. The van der Waals surface area contributed by atoms with Crippen LogP contribution in [-0.2, 0) is 16.5 Å². The average molecular weight is 1050 g/mol. The number of para-hydroxylation sites is 2. The number of aryl methyl sites for hydroxylation is 3. The molecule has 3 amide bonds. The summed E-state index contributed by atoms with van der Waals surface area (Å²) in [5.74, 6) is 0.819. The van der Waals surface area contributed by atoms with Crippen molar-refractivity contribution in [3.05, 3.63) is 131 Å². The molecule has 2 aromatic carbocycles. The zero-order valence-corrected chi connectivity index (χ0v) is 44.3. The second-order valence-corrected chi connectivity index (χ2v) is 16.0. The highest BCUT2D eigenvalue weighted by Crippen LogP contribution is 2.38. The Hall–Kier alpha value is -8.91. The van der Waals surface area contributed by atoms with Crippen LogP contribution < -0.4 is 52.8 Å². The number of ether oxygens (including phenoxy) is 4. The lowest BCUT2D eigenvalue weighted by Crippen LogP contribution is -2.30. The minimum atomic E-state index is -0.651. The molecule has 10 N–H and O–H groups in total. The maximum absolute atomic E-state index is 13.6. The normalized spacial score (nSPS) is 10.4. The van der Waals surface area contributed by atoms with E-state index >= 15 is 0 Å². The summed E-state index contributed by atoms with van der Waals surface area (Å²) < 4.78 is 49.5. The molecule has 0 unspecified atom stereocenters. The summed E-state index contributed by atoms with van der Waals surface area (Å²) in [6, 6.07) is 16.8. The fourth-order valence-corrected chi connectivity index (χ4v) is 6.79. The van der Waals surface area contributed by atoms with Crippen molar-refractivity contribution >= 4 is 63.7 Å². The lowest BCUT2D eigenvalue weighted by molar-refractivity contribution is -0.179. The van der Waals surface area contributed by atoms with Crippen molar-refractivity contribution in [2.45, 2.75) is 27.2 Å². The van der Waals surface area contributed by atoms with Crippen LogP contribution in [0.5, 0.6) is 11.5 Å². The quantitative estimate of drug-likeness (QED) is 0.0449. The van der Waals surface area contributed by atoms with Gasteiger partial charge in [-0.05, 0) is 82.0 Å². The third kappa shape index (κ3) is 16.0. The van der Waals surface area contributed by atoms with Crippen LogP contribution in [-0.4, -0.2) is 127 Å². The number of primary amides is 1. The van der Waals surface area contributed by atoms with Gasteiger partial charge in [0.2, 0.25) is 6.41 Å². The third-order valence-corrected chi connectivity index (χ3v) is 10.4. The van der Waals surface area contributed by atoms with Crippen molar-refractivity contribution in [3.63, 3.8) is 0 Å². The van der Waals surface area contributed by atoms with E-state index in [0.717, 1.165) is 24.5 Å². The maximum Gasteiger partial charge on any atom is 0.254 e. The van der Waals surface area contributed by atoms with E-state index < -0.39 is 17.5 Å². The van der Waals surface area contributed by atoms with E-state index in [0.29, 0.717) is 74.3 Å². The molecule has 25 heteroatoms. The molecule has 0 aliphatic heterocycles. The highest BCUT2D eigenvalue weighted by Gasteiger charge is 2.20. The van der Waals surface area contributed by atoms with Crippen LogP contribution in [0.25, 0.3) is 11.4 Å². The first-order valence-corrected chi connectivity index (χ1v) is 23.0. The Morgan fingerprint density at radius 1 is 0.645 bits per heavy atom. The number of nitrogens with one attached hydrogen (secondary N) is 6. The van der Waals surface area contributed by atoms with Crippen LogP contribution in [0, 0.1) is 25.5 Å². The summed E-state index contributed by atoms with van der Waals surface area (Å²) in [6.07, 6.45) is 6.32. The Labute approximate surface area is 439 Å². The zero-order chi connectivity index (χ0) is 56.1. The predicted molar refractivity (Wildman–Crippen MR) is 287 cm³/mol. The number of nitrogens with zero attached hydrogens (tertiary/aromatic N) is 8. The van der Waals surface area contributed by atoms with Crippen LogP contribution in [0.15, 0.2) is 91.8 Å². The van der Waals surface area contributed by atoms with Crippen LogP contribution in [0.3, 0.4) is 0 Å². The van der Waals surface area contributed by atoms with Crippen LogP contribution >= 0.6 is 0 Å². The van der Waals surface area contributed by atoms with Gasteiger partial charge in [-0.15, -0.1) is 0 Å². The lowest BCUT2D eigenvalue weighted by atomic mass is 10.1. The number of carbonyl (C=O) groups excluding carboxylic acids is 3. The van der Waals surface area contributed by atoms with E-state index in [-0.39, 0.29) is 35.1 Å². The first-order chi connectivity index (χ1) is 36.4. The van der Waals surface area contributed by atoms with Gasteiger partial charge in [0.25, 0.3) is 17.7 Å². The van der Waals surface area contributed by atoms with Gasteiger partial charge >= 0.3 is 0 Å².